The summed E-state index contributed by atoms with van der Waals surface area (Å²) in [5.74, 6) is -0.256. The average Bonchev–Trinajstić information content (AvgIpc) is 2.51. The Bertz CT molecular complexity index is 243. The molecule has 0 aliphatic heterocycles. The molecular weight excluding hydrogens is 158 g/mol. The van der Waals surface area contributed by atoms with Gasteiger partial charge >= 0.3 is 0 Å². The van der Waals surface area contributed by atoms with Crippen molar-refractivity contribution in [1.82, 2.24) is 15.5 Å². The standard InChI is InChI=1S/C7H11N3O2/c1-5(11)4-8-7(12)6-2-3-9-10-6/h2-3,5,11H,4H2,1H3,(H,8,12)(H,9,10)/t5-/m1/s1. The quantitative estimate of drug-likeness (QED) is 0.572. The number of hydrogen-bond donors (Lipinski definition) is 3. The number of nitrogens with one attached hydrogen (secondary N) is 2. The van der Waals surface area contributed by atoms with E-state index in [1.165, 1.54) is 6.20 Å². The summed E-state index contributed by atoms with van der Waals surface area (Å²) < 4.78 is 0. The SMILES string of the molecule is C[C@@H](O)CNC(=O)c1ccn[nH]1. The van der Waals surface area contributed by atoms with Crippen LogP contribution in [0, 0.1) is 0 Å². The molecule has 0 spiro atoms. The lowest BCUT2D eigenvalue weighted by Gasteiger charge is -2.04. The van der Waals surface area contributed by atoms with E-state index in [-0.39, 0.29) is 12.5 Å². The zero-order valence-corrected chi connectivity index (χ0v) is 6.74. The van der Waals surface area contributed by atoms with Gasteiger partial charge in [-0.3, -0.25) is 9.89 Å². The first-order valence-corrected chi connectivity index (χ1v) is 3.66. The van der Waals surface area contributed by atoms with Crippen molar-refractivity contribution < 1.29 is 9.90 Å². The number of aromatic amines is 1. The Kier molecular flexibility index (Phi) is 2.82. The highest BCUT2D eigenvalue weighted by Crippen LogP contribution is 1.90. The summed E-state index contributed by atoms with van der Waals surface area (Å²) in [6, 6.07) is 1.57. The number of carbonyl (C=O) groups excluding carboxylic acids is 1. The summed E-state index contributed by atoms with van der Waals surface area (Å²) in [7, 11) is 0. The molecule has 0 aliphatic carbocycles. The van der Waals surface area contributed by atoms with Crippen LogP contribution in [0.4, 0.5) is 0 Å². The molecule has 3 N–H and O–H groups in total. The van der Waals surface area contributed by atoms with Crippen LogP contribution in [0.2, 0.25) is 0 Å². The predicted molar refractivity (Wildman–Crippen MR) is 42.6 cm³/mol. The van der Waals surface area contributed by atoms with Gasteiger partial charge in [0.25, 0.3) is 5.91 Å². The van der Waals surface area contributed by atoms with Crippen molar-refractivity contribution >= 4 is 5.91 Å². The Morgan fingerprint density at radius 2 is 2.67 bits per heavy atom. The van der Waals surface area contributed by atoms with E-state index < -0.39 is 6.10 Å². The van der Waals surface area contributed by atoms with Crippen LogP contribution in [0.15, 0.2) is 12.3 Å². The number of rotatable bonds is 3. The number of aromatic nitrogens is 2. The van der Waals surface area contributed by atoms with E-state index in [9.17, 15) is 4.79 Å². The van der Waals surface area contributed by atoms with Gasteiger partial charge in [-0.1, -0.05) is 0 Å². The first-order valence-electron chi connectivity index (χ1n) is 3.66. The molecule has 12 heavy (non-hydrogen) atoms. The lowest BCUT2D eigenvalue weighted by Crippen LogP contribution is -2.30. The summed E-state index contributed by atoms with van der Waals surface area (Å²) in [6.45, 7) is 1.85. The minimum atomic E-state index is -0.531. The van der Waals surface area contributed by atoms with Crippen molar-refractivity contribution in [3.8, 4) is 0 Å². The van der Waals surface area contributed by atoms with Gasteiger partial charge in [0.15, 0.2) is 0 Å². The zero-order valence-electron chi connectivity index (χ0n) is 6.74. The summed E-state index contributed by atoms with van der Waals surface area (Å²) >= 11 is 0. The smallest absolute Gasteiger partial charge is 0.269 e. The van der Waals surface area contributed by atoms with E-state index in [2.05, 4.69) is 15.5 Å². The monoisotopic (exact) mass is 169 g/mol. The van der Waals surface area contributed by atoms with Gasteiger partial charge in [0, 0.05) is 12.7 Å². The molecular formula is C7H11N3O2. The van der Waals surface area contributed by atoms with Crippen molar-refractivity contribution in [2.24, 2.45) is 0 Å². The second-order valence-electron chi connectivity index (χ2n) is 2.53. The van der Waals surface area contributed by atoms with Gasteiger partial charge in [-0.25, -0.2) is 0 Å². The van der Waals surface area contributed by atoms with Gasteiger partial charge in [-0.15, -0.1) is 0 Å². The first-order chi connectivity index (χ1) is 5.70. The Labute approximate surface area is 69.8 Å². The van der Waals surface area contributed by atoms with Crippen LogP contribution < -0.4 is 5.32 Å². The second kappa shape index (κ2) is 3.87. The van der Waals surface area contributed by atoms with Crippen LogP contribution in [0.1, 0.15) is 17.4 Å². The topological polar surface area (TPSA) is 78.0 Å². The third-order valence-corrected chi connectivity index (χ3v) is 1.30. The van der Waals surface area contributed by atoms with Crippen molar-refractivity contribution in [2.45, 2.75) is 13.0 Å². The predicted octanol–water partition coefficient (Wildman–Crippen LogP) is -0.480. The van der Waals surface area contributed by atoms with Crippen LogP contribution in [-0.2, 0) is 0 Å². The van der Waals surface area contributed by atoms with Gasteiger partial charge in [0.2, 0.25) is 0 Å². The largest absolute Gasteiger partial charge is 0.392 e. The molecule has 0 radical (unpaired) electrons. The third-order valence-electron chi connectivity index (χ3n) is 1.30. The molecule has 1 aromatic heterocycles. The summed E-state index contributed by atoms with van der Waals surface area (Å²) in [4.78, 5) is 11.1. The molecule has 1 rings (SSSR count). The average molecular weight is 169 g/mol. The molecule has 5 heteroatoms. The Morgan fingerprint density at radius 3 is 3.17 bits per heavy atom. The van der Waals surface area contributed by atoms with E-state index in [0.29, 0.717) is 5.69 Å². The lowest BCUT2D eigenvalue weighted by molar-refractivity contribution is 0.0919. The Morgan fingerprint density at radius 1 is 1.92 bits per heavy atom. The van der Waals surface area contributed by atoms with Crippen LogP contribution in [0.5, 0.6) is 0 Å². The zero-order chi connectivity index (χ0) is 8.97. The highest BCUT2D eigenvalue weighted by Gasteiger charge is 2.06. The maximum absolute atomic E-state index is 11.1. The minimum Gasteiger partial charge on any atom is -0.392 e. The molecule has 1 amide bonds. The summed E-state index contributed by atoms with van der Waals surface area (Å²) in [5.41, 5.74) is 0.399. The van der Waals surface area contributed by atoms with E-state index >= 15 is 0 Å². The fourth-order valence-corrected chi connectivity index (χ4v) is 0.718. The normalized spacial score (nSPS) is 12.5. The fraction of sp³-hybridized carbons (Fsp3) is 0.429. The Hall–Kier alpha value is -1.36. The van der Waals surface area contributed by atoms with Crippen molar-refractivity contribution in [2.75, 3.05) is 6.54 Å². The molecule has 1 atom stereocenters. The van der Waals surface area contributed by atoms with E-state index in [0.717, 1.165) is 0 Å². The second-order valence-corrected chi connectivity index (χ2v) is 2.53. The van der Waals surface area contributed by atoms with E-state index in [4.69, 9.17) is 5.11 Å². The van der Waals surface area contributed by atoms with Crippen molar-refractivity contribution in [3.05, 3.63) is 18.0 Å². The molecule has 0 aromatic carbocycles. The molecule has 0 saturated carbocycles. The van der Waals surface area contributed by atoms with E-state index in [1.807, 2.05) is 0 Å². The number of amides is 1. The van der Waals surface area contributed by atoms with Crippen molar-refractivity contribution in [3.63, 3.8) is 0 Å². The molecule has 0 saturated heterocycles. The Balaban J connectivity index is 2.40. The molecule has 0 unspecified atom stereocenters. The van der Waals surface area contributed by atoms with Gasteiger partial charge < -0.3 is 10.4 Å². The van der Waals surface area contributed by atoms with Gasteiger partial charge in [-0.2, -0.15) is 5.10 Å². The number of aliphatic hydroxyl groups is 1. The number of nitrogens with zero attached hydrogens (tertiary/aromatic N) is 1. The minimum absolute atomic E-state index is 0.248. The van der Waals surface area contributed by atoms with Crippen LogP contribution in [-0.4, -0.2) is 33.9 Å². The fourth-order valence-electron chi connectivity index (χ4n) is 0.718. The molecule has 0 bridgehead atoms. The highest BCUT2D eigenvalue weighted by molar-refractivity contribution is 5.92. The van der Waals surface area contributed by atoms with Crippen LogP contribution in [0.3, 0.4) is 0 Å². The van der Waals surface area contributed by atoms with E-state index in [1.54, 1.807) is 13.0 Å². The maximum atomic E-state index is 11.1. The molecule has 0 fully saturated rings. The molecule has 5 nitrogen and oxygen atoms in total. The van der Waals surface area contributed by atoms with Crippen LogP contribution in [0.25, 0.3) is 0 Å². The molecule has 1 aromatic rings. The van der Waals surface area contributed by atoms with Gasteiger partial charge in [-0.05, 0) is 13.0 Å². The summed E-state index contributed by atoms with van der Waals surface area (Å²) in [6.07, 6.45) is 0.967. The van der Waals surface area contributed by atoms with Crippen LogP contribution >= 0.6 is 0 Å². The highest BCUT2D eigenvalue weighted by atomic mass is 16.3. The molecule has 66 valence electrons. The van der Waals surface area contributed by atoms with Gasteiger partial charge in [0.1, 0.15) is 5.69 Å². The first kappa shape index (κ1) is 8.73. The number of H-pyrrole nitrogens is 1. The molecule has 0 aliphatic rings. The maximum Gasteiger partial charge on any atom is 0.269 e. The van der Waals surface area contributed by atoms with Gasteiger partial charge in [0.05, 0.1) is 6.10 Å². The lowest BCUT2D eigenvalue weighted by atomic mass is 10.3. The van der Waals surface area contributed by atoms with Crippen molar-refractivity contribution in [1.29, 1.82) is 0 Å². The third kappa shape index (κ3) is 2.35. The molecule has 1 heterocycles. The number of aliphatic hydroxyl groups excluding tert-OH is 1. The number of carbonyl (C=O) groups is 1. The number of hydrogen-bond acceptors (Lipinski definition) is 3. The summed E-state index contributed by atoms with van der Waals surface area (Å²) in [5, 5.41) is 17.5.